The molecule has 16 nitrogen and oxygen atoms in total. The molecule has 0 aliphatic rings. The van der Waals surface area contributed by atoms with Crippen molar-refractivity contribution < 1.29 is 47.0 Å². The highest BCUT2D eigenvalue weighted by Crippen LogP contribution is 2.22. The molecule has 2 aromatic rings. The number of rotatable bonds is 11. The second kappa shape index (κ2) is 18.7. The molecule has 0 aliphatic heterocycles. The van der Waals surface area contributed by atoms with Gasteiger partial charge in [0.1, 0.15) is 11.6 Å². The fourth-order valence-electron chi connectivity index (χ4n) is 2.68. The molecule has 2 rings (SSSR count). The van der Waals surface area contributed by atoms with Crippen LogP contribution in [0, 0.1) is 0 Å². The predicted octanol–water partition coefficient (Wildman–Crippen LogP) is 0.918. The summed E-state index contributed by atoms with van der Waals surface area (Å²) in [4.78, 5) is 11.5. The molecule has 0 bridgehead atoms. The van der Waals surface area contributed by atoms with E-state index in [2.05, 4.69) is 25.0 Å². The zero-order chi connectivity index (χ0) is 31.7. The van der Waals surface area contributed by atoms with E-state index >= 15 is 0 Å². The molecule has 230 valence electrons. The molecular weight excluding hydrogens is 615 g/mol. The Bertz CT molecular complexity index is 1510. The first-order chi connectivity index (χ1) is 18.4. The standard InChI is InChI=1S/C16H23N5O8S3.2C2H6.O3S/c1-3-17-16-20-14(5-4-8-18-30(2,22)23)19-15(21-16)10-11-9-12(31(24,25)26)6-7-13(11)32(27,28)29;2*1-2;1-4(2)3/h6-7,9,18H,3-5,8,10H2,1-2H3,(H,24,25,26)(H,27,28,29)(H,17,19,20,21);2*1-2H3;. The molecule has 20 heteroatoms. The van der Waals surface area contributed by atoms with Crippen molar-refractivity contribution in [3.8, 4) is 0 Å². The second-order valence-corrected chi connectivity index (χ2v) is 11.9. The molecule has 1 aromatic carbocycles. The third-order valence-electron chi connectivity index (χ3n) is 3.96. The Morgan fingerprint density at radius 1 is 0.850 bits per heavy atom. The fourth-order valence-corrected chi connectivity index (χ4v) is 4.43. The van der Waals surface area contributed by atoms with Gasteiger partial charge in [-0.05, 0) is 37.1 Å². The van der Waals surface area contributed by atoms with E-state index in [1.807, 2.05) is 27.7 Å². The van der Waals surface area contributed by atoms with Gasteiger partial charge in [0.05, 0.1) is 16.0 Å². The molecular formula is C20H35N5O11S4. The number of benzene rings is 1. The van der Waals surface area contributed by atoms with Crippen molar-refractivity contribution in [3.05, 3.63) is 35.4 Å². The minimum absolute atomic E-state index is 0.0689. The Kier molecular flexibility index (Phi) is 18.5. The summed E-state index contributed by atoms with van der Waals surface area (Å²) in [5.74, 6) is 0.544. The van der Waals surface area contributed by atoms with Crippen LogP contribution < -0.4 is 10.0 Å². The van der Waals surface area contributed by atoms with Gasteiger partial charge in [0, 0.05) is 25.9 Å². The van der Waals surface area contributed by atoms with Crippen molar-refractivity contribution in [1.82, 2.24) is 19.7 Å². The number of hydrogen-bond acceptors (Lipinski definition) is 13. The zero-order valence-corrected chi connectivity index (χ0v) is 26.1. The molecule has 4 N–H and O–H groups in total. The van der Waals surface area contributed by atoms with E-state index in [-0.39, 0.29) is 36.7 Å². The maximum atomic E-state index is 11.7. The molecule has 0 atom stereocenters. The molecule has 0 saturated carbocycles. The largest absolute Gasteiger partial charge is 0.425 e. The molecule has 0 spiro atoms. The van der Waals surface area contributed by atoms with Crippen molar-refractivity contribution >= 4 is 46.8 Å². The summed E-state index contributed by atoms with van der Waals surface area (Å²) in [5.41, 5.74) is -0.152. The third-order valence-corrected chi connectivity index (χ3v) is 6.49. The van der Waals surface area contributed by atoms with E-state index in [1.54, 1.807) is 6.92 Å². The van der Waals surface area contributed by atoms with Crippen LogP contribution in [0.15, 0.2) is 28.0 Å². The number of hydrogen-bond donors (Lipinski definition) is 4. The summed E-state index contributed by atoms with van der Waals surface area (Å²) in [7, 11) is -15.8. The van der Waals surface area contributed by atoms with Crippen LogP contribution in [0.2, 0.25) is 0 Å². The zero-order valence-electron chi connectivity index (χ0n) is 22.8. The smallest absolute Gasteiger partial charge is 0.354 e. The number of anilines is 1. The Morgan fingerprint density at radius 2 is 1.38 bits per heavy atom. The average molecular weight is 650 g/mol. The maximum absolute atomic E-state index is 11.7. The number of nitrogens with zero attached hydrogens (tertiary/aromatic N) is 3. The lowest BCUT2D eigenvalue weighted by molar-refractivity contribution is 0.477. The van der Waals surface area contributed by atoms with Gasteiger partial charge in [-0.3, -0.25) is 9.11 Å². The van der Waals surface area contributed by atoms with Gasteiger partial charge in [0.2, 0.25) is 16.0 Å². The van der Waals surface area contributed by atoms with Crippen molar-refractivity contribution in [2.75, 3.05) is 24.7 Å². The highest BCUT2D eigenvalue weighted by molar-refractivity contribution is 7.88. The van der Waals surface area contributed by atoms with Crippen LogP contribution in [-0.4, -0.2) is 81.3 Å². The van der Waals surface area contributed by atoms with E-state index in [0.717, 1.165) is 24.5 Å². The van der Waals surface area contributed by atoms with Gasteiger partial charge in [0.25, 0.3) is 20.2 Å². The summed E-state index contributed by atoms with van der Waals surface area (Å²) in [6, 6.07) is 2.61. The summed E-state index contributed by atoms with van der Waals surface area (Å²) in [5, 5.41) is 2.89. The quantitative estimate of drug-likeness (QED) is 0.195. The minimum Gasteiger partial charge on any atom is -0.354 e. The Balaban J connectivity index is 0. The SMILES string of the molecule is CC.CC.CCNc1nc(CCCNS(C)(=O)=O)nc(Cc2cc(S(=O)(=O)O)ccc2S(=O)(=O)O)n1.O=S(=O)=O. The fraction of sp³-hybridized carbons (Fsp3) is 0.550. The van der Waals surface area contributed by atoms with Crippen LogP contribution in [0.4, 0.5) is 5.95 Å². The normalized spacial score (nSPS) is 11.0. The van der Waals surface area contributed by atoms with Crippen molar-refractivity contribution in [3.63, 3.8) is 0 Å². The van der Waals surface area contributed by atoms with Crippen LogP contribution in [0.1, 0.15) is 58.3 Å². The summed E-state index contributed by atoms with van der Waals surface area (Å²) < 4.78 is 115. The summed E-state index contributed by atoms with van der Waals surface area (Å²) in [6.45, 7) is 10.4. The van der Waals surface area contributed by atoms with Gasteiger partial charge < -0.3 is 5.32 Å². The number of sulfonamides is 1. The van der Waals surface area contributed by atoms with Gasteiger partial charge in [-0.2, -0.15) is 26.8 Å². The van der Waals surface area contributed by atoms with Gasteiger partial charge in [-0.25, -0.2) is 18.1 Å². The Labute approximate surface area is 236 Å². The van der Waals surface area contributed by atoms with Gasteiger partial charge >= 0.3 is 10.6 Å². The molecule has 1 heterocycles. The summed E-state index contributed by atoms with van der Waals surface area (Å²) >= 11 is 0. The molecule has 0 fully saturated rings. The lowest BCUT2D eigenvalue weighted by atomic mass is 10.1. The lowest BCUT2D eigenvalue weighted by Crippen LogP contribution is -2.23. The Morgan fingerprint density at radius 3 is 1.82 bits per heavy atom. The maximum Gasteiger partial charge on any atom is 0.425 e. The molecule has 0 saturated heterocycles. The van der Waals surface area contributed by atoms with Crippen molar-refractivity contribution in [1.29, 1.82) is 0 Å². The first-order valence-electron chi connectivity index (χ1n) is 11.7. The molecule has 0 unspecified atom stereocenters. The van der Waals surface area contributed by atoms with Crippen molar-refractivity contribution in [2.45, 2.75) is 63.7 Å². The van der Waals surface area contributed by atoms with Gasteiger partial charge in [0.15, 0.2) is 0 Å². The molecule has 40 heavy (non-hydrogen) atoms. The monoisotopic (exact) mass is 649 g/mol. The topological polar surface area (TPSA) is 257 Å². The van der Waals surface area contributed by atoms with Gasteiger partial charge in [-0.1, -0.05) is 27.7 Å². The van der Waals surface area contributed by atoms with Gasteiger partial charge in [-0.15, -0.1) is 12.6 Å². The second-order valence-electron chi connectivity index (χ2n) is 6.89. The van der Waals surface area contributed by atoms with Crippen LogP contribution in [0.5, 0.6) is 0 Å². The third kappa shape index (κ3) is 17.2. The van der Waals surface area contributed by atoms with E-state index in [9.17, 15) is 34.4 Å². The lowest BCUT2D eigenvalue weighted by Gasteiger charge is -2.11. The average Bonchev–Trinajstić information content (AvgIpc) is 2.82. The molecule has 0 aliphatic carbocycles. The number of nitrogens with one attached hydrogen (secondary N) is 2. The first-order valence-corrected chi connectivity index (χ1v) is 17.5. The van der Waals surface area contributed by atoms with Crippen LogP contribution >= 0.6 is 0 Å². The van der Waals surface area contributed by atoms with Crippen molar-refractivity contribution in [2.24, 2.45) is 0 Å². The van der Waals surface area contributed by atoms with Crippen LogP contribution in [0.3, 0.4) is 0 Å². The van der Waals surface area contributed by atoms with Crippen LogP contribution in [0.25, 0.3) is 0 Å². The number of aryl methyl sites for hydroxylation is 1. The van der Waals surface area contributed by atoms with Crippen LogP contribution in [-0.2, 0) is 53.7 Å². The molecule has 0 amide bonds. The highest BCUT2D eigenvalue weighted by atomic mass is 32.2. The Hall–Kier alpha value is -2.62. The van der Waals surface area contributed by atoms with E-state index in [1.165, 1.54) is 0 Å². The van der Waals surface area contributed by atoms with E-state index in [0.29, 0.717) is 18.8 Å². The first kappa shape index (κ1) is 39.5. The minimum atomic E-state index is -4.71. The van der Waals surface area contributed by atoms with E-state index < -0.39 is 50.7 Å². The molecule has 1 aromatic heterocycles. The molecule has 0 radical (unpaired) electrons. The predicted molar refractivity (Wildman–Crippen MR) is 146 cm³/mol. The van der Waals surface area contributed by atoms with E-state index in [4.69, 9.17) is 12.6 Å². The highest BCUT2D eigenvalue weighted by Gasteiger charge is 2.21. The number of aromatic nitrogens is 3. The summed E-state index contributed by atoms with van der Waals surface area (Å²) in [6.07, 6.45) is 1.38.